The minimum atomic E-state index is -0.129. The highest BCUT2D eigenvalue weighted by Crippen LogP contribution is 2.25. The average molecular weight is 435 g/mol. The molecule has 5 rings (SSSR count). The Morgan fingerprint density at radius 1 is 1.29 bits per heavy atom. The molecule has 0 atom stereocenters. The summed E-state index contributed by atoms with van der Waals surface area (Å²) in [4.78, 5) is 22.6. The number of carbonyl (C=O) groups excluding carboxylic acids is 1. The van der Waals surface area contributed by atoms with Gasteiger partial charge in [0.1, 0.15) is 0 Å². The van der Waals surface area contributed by atoms with E-state index in [2.05, 4.69) is 49.5 Å². The third-order valence-electron chi connectivity index (χ3n) is 6.02. The molecule has 0 aliphatic carbocycles. The summed E-state index contributed by atoms with van der Waals surface area (Å²) in [5.41, 5.74) is 4.08. The number of aromatic nitrogens is 4. The fourth-order valence-corrected chi connectivity index (χ4v) is 4.93. The molecule has 1 aliphatic heterocycles. The Kier molecular flexibility index (Phi) is 5.57. The minimum Gasteiger partial charge on any atom is -0.361 e. The maximum Gasteiger partial charge on any atom is 0.260 e. The number of hydrogen-bond donors (Lipinski definition) is 2. The highest BCUT2D eigenvalue weighted by atomic mass is 32.1. The number of hydrogen-bond acceptors (Lipinski definition) is 5. The van der Waals surface area contributed by atoms with Crippen molar-refractivity contribution in [2.24, 2.45) is 13.0 Å². The van der Waals surface area contributed by atoms with Gasteiger partial charge >= 0.3 is 0 Å². The lowest BCUT2D eigenvalue weighted by molar-refractivity contribution is 0.102. The molecule has 1 aromatic carbocycles. The van der Waals surface area contributed by atoms with Crippen molar-refractivity contribution in [3.63, 3.8) is 0 Å². The van der Waals surface area contributed by atoms with Crippen molar-refractivity contribution in [3.8, 4) is 0 Å². The van der Waals surface area contributed by atoms with E-state index in [1.54, 1.807) is 10.9 Å². The van der Waals surface area contributed by atoms with Crippen LogP contribution in [0.2, 0.25) is 0 Å². The van der Waals surface area contributed by atoms with E-state index in [0.29, 0.717) is 16.6 Å². The van der Waals surface area contributed by atoms with Crippen molar-refractivity contribution >= 4 is 33.3 Å². The lowest BCUT2D eigenvalue weighted by atomic mass is 9.91. The predicted molar refractivity (Wildman–Crippen MR) is 123 cm³/mol. The van der Waals surface area contributed by atoms with E-state index in [0.717, 1.165) is 44.6 Å². The van der Waals surface area contributed by atoms with Gasteiger partial charge in [-0.25, -0.2) is 4.98 Å². The summed E-state index contributed by atoms with van der Waals surface area (Å²) in [7, 11) is 1.87. The number of benzene rings is 1. The monoisotopic (exact) mass is 434 g/mol. The Morgan fingerprint density at radius 2 is 2.16 bits per heavy atom. The average Bonchev–Trinajstić information content (AvgIpc) is 3.50. The van der Waals surface area contributed by atoms with Crippen LogP contribution < -0.4 is 5.32 Å². The van der Waals surface area contributed by atoms with E-state index in [9.17, 15) is 4.79 Å². The first-order valence-electron chi connectivity index (χ1n) is 10.7. The van der Waals surface area contributed by atoms with Crippen LogP contribution in [-0.2, 0) is 20.0 Å². The number of thiazole rings is 1. The molecule has 0 saturated carbocycles. The van der Waals surface area contributed by atoms with E-state index >= 15 is 0 Å². The number of aromatic amines is 1. The predicted octanol–water partition coefficient (Wildman–Crippen LogP) is 4.06. The molecule has 4 heterocycles. The topological polar surface area (TPSA) is 78.8 Å². The molecular weight excluding hydrogens is 408 g/mol. The van der Waals surface area contributed by atoms with Gasteiger partial charge in [0.2, 0.25) is 0 Å². The van der Waals surface area contributed by atoms with Gasteiger partial charge in [0.15, 0.2) is 5.13 Å². The van der Waals surface area contributed by atoms with Crippen molar-refractivity contribution in [2.75, 3.05) is 18.4 Å². The number of piperidine rings is 1. The van der Waals surface area contributed by atoms with Crippen LogP contribution in [-0.4, -0.2) is 43.6 Å². The van der Waals surface area contributed by atoms with Crippen LogP contribution in [0, 0.1) is 5.92 Å². The van der Waals surface area contributed by atoms with E-state index in [4.69, 9.17) is 0 Å². The third-order valence-corrected chi connectivity index (χ3v) is 6.70. The van der Waals surface area contributed by atoms with Crippen LogP contribution in [0.4, 0.5) is 5.13 Å². The van der Waals surface area contributed by atoms with Crippen molar-refractivity contribution in [2.45, 2.75) is 25.8 Å². The normalized spacial score (nSPS) is 15.5. The Hall–Kier alpha value is -2.97. The zero-order valence-electron chi connectivity index (χ0n) is 17.5. The van der Waals surface area contributed by atoms with Gasteiger partial charge < -0.3 is 4.98 Å². The molecule has 1 aliphatic rings. The molecule has 0 spiro atoms. The molecule has 160 valence electrons. The number of nitrogens with one attached hydrogen (secondary N) is 2. The standard InChI is InChI=1S/C23H26N6OS/c1-28-15-19(22(30)26-23-25-8-11-31-23)21(27-28)13-16-5-9-29(10-6-16)14-17-2-3-20-18(12-17)4-7-24-20/h2-4,7-8,11-12,15-16,24H,5-6,9-10,13-14H2,1H3,(H,25,26,30). The number of likely N-dealkylation sites (tertiary alicyclic amines) is 1. The van der Waals surface area contributed by atoms with Crippen molar-refractivity contribution in [1.29, 1.82) is 0 Å². The minimum absolute atomic E-state index is 0.129. The Bertz CT molecular complexity index is 1170. The van der Waals surface area contributed by atoms with Crippen LogP contribution in [0.15, 0.2) is 48.2 Å². The van der Waals surface area contributed by atoms with Crippen LogP contribution in [0.1, 0.15) is 34.5 Å². The molecule has 0 bridgehead atoms. The summed E-state index contributed by atoms with van der Waals surface area (Å²) < 4.78 is 1.73. The van der Waals surface area contributed by atoms with Gasteiger partial charge in [-0.3, -0.25) is 19.7 Å². The number of anilines is 1. The quantitative estimate of drug-likeness (QED) is 0.480. The van der Waals surface area contributed by atoms with Gasteiger partial charge in [0.05, 0.1) is 11.3 Å². The lowest BCUT2D eigenvalue weighted by Gasteiger charge is -2.31. The molecule has 4 aromatic rings. The molecule has 1 amide bonds. The molecule has 2 N–H and O–H groups in total. The van der Waals surface area contributed by atoms with Gasteiger partial charge in [-0.15, -0.1) is 11.3 Å². The number of rotatable bonds is 6. The van der Waals surface area contributed by atoms with Crippen LogP contribution >= 0.6 is 11.3 Å². The number of aryl methyl sites for hydroxylation is 1. The number of carbonyl (C=O) groups is 1. The summed E-state index contributed by atoms with van der Waals surface area (Å²) in [5.74, 6) is 0.417. The summed E-state index contributed by atoms with van der Waals surface area (Å²) in [6.07, 6.45) is 8.57. The van der Waals surface area contributed by atoms with Gasteiger partial charge in [-0.2, -0.15) is 5.10 Å². The summed E-state index contributed by atoms with van der Waals surface area (Å²) in [6.45, 7) is 3.13. The largest absolute Gasteiger partial charge is 0.361 e. The van der Waals surface area contributed by atoms with E-state index in [-0.39, 0.29) is 5.91 Å². The molecular formula is C23H26N6OS. The van der Waals surface area contributed by atoms with Crippen molar-refractivity contribution in [1.82, 2.24) is 24.6 Å². The fraction of sp³-hybridized carbons (Fsp3) is 0.348. The summed E-state index contributed by atoms with van der Waals surface area (Å²) >= 11 is 1.42. The van der Waals surface area contributed by atoms with Crippen molar-refractivity contribution < 1.29 is 4.79 Å². The Labute approximate surface area is 185 Å². The number of H-pyrrole nitrogens is 1. The first-order chi connectivity index (χ1) is 15.1. The molecule has 7 nitrogen and oxygen atoms in total. The molecule has 31 heavy (non-hydrogen) atoms. The van der Waals surface area contributed by atoms with E-state index in [1.165, 1.54) is 27.8 Å². The number of fused-ring (bicyclic) bond motifs is 1. The SMILES string of the molecule is Cn1cc(C(=O)Nc2nccs2)c(CC2CCN(Cc3ccc4[nH]ccc4c3)CC2)n1. The number of amides is 1. The number of nitrogens with zero attached hydrogens (tertiary/aromatic N) is 4. The molecule has 1 fully saturated rings. The molecule has 0 radical (unpaired) electrons. The zero-order valence-corrected chi connectivity index (χ0v) is 18.4. The Morgan fingerprint density at radius 3 is 2.97 bits per heavy atom. The lowest BCUT2D eigenvalue weighted by Crippen LogP contribution is -2.34. The highest BCUT2D eigenvalue weighted by Gasteiger charge is 2.24. The molecule has 1 saturated heterocycles. The van der Waals surface area contributed by atoms with Gasteiger partial charge in [0, 0.05) is 43.1 Å². The zero-order chi connectivity index (χ0) is 21.2. The second-order valence-electron chi connectivity index (χ2n) is 8.28. The summed E-state index contributed by atoms with van der Waals surface area (Å²) in [6, 6.07) is 8.78. The third kappa shape index (κ3) is 4.55. The maximum absolute atomic E-state index is 12.7. The van der Waals surface area contributed by atoms with Crippen LogP contribution in [0.5, 0.6) is 0 Å². The molecule has 0 unspecified atom stereocenters. The second kappa shape index (κ2) is 8.64. The maximum atomic E-state index is 12.7. The van der Waals surface area contributed by atoms with E-state index in [1.807, 2.05) is 24.8 Å². The van der Waals surface area contributed by atoms with Gasteiger partial charge in [-0.1, -0.05) is 6.07 Å². The highest BCUT2D eigenvalue weighted by molar-refractivity contribution is 7.13. The smallest absolute Gasteiger partial charge is 0.260 e. The summed E-state index contributed by atoms with van der Waals surface area (Å²) in [5, 5.41) is 11.2. The van der Waals surface area contributed by atoms with Crippen molar-refractivity contribution in [3.05, 3.63) is 65.1 Å². The second-order valence-corrected chi connectivity index (χ2v) is 9.17. The van der Waals surface area contributed by atoms with Crippen LogP contribution in [0.3, 0.4) is 0 Å². The molecule has 8 heteroatoms. The van der Waals surface area contributed by atoms with E-state index < -0.39 is 0 Å². The first kappa shape index (κ1) is 20.0. The van der Waals surface area contributed by atoms with Crippen LogP contribution in [0.25, 0.3) is 10.9 Å². The Balaban J connectivity index is 1.18. The van der Waals surface area contributed by atoms with Gasteiger partial charge in [0.25, 0.3) is 5.91 Å². The van der Waals surface area contributed by atoms with Gasteiger partial charge in [-0.05, 0) is 67.4 Å². The molecule has 3 aromatic heterocycles. The fourth-order valence-electron chi connectivity index (χ4n) is 4.41. The first-order valence-corrected chi connectivity index (χ1v) is 11.5.